The molecule has 0 N–H and O–H groups in total. The summed E-state index contributed by atoms with van der Waals surface area (Å²) in [6.45, 7) is 9.23. The number of rotatable bonds is 3. The highest BCUT2D eigenvalue weighted by molar-refractivity contribution is 5.14. The Morgan fingerprint density at radius 3 is 2.29 bits per heavy atom. The molecule has 0 spiro atoms. The molecule has 0 fully saturated rings. The lowest BCUT2D eigenvalue weighted by atomic mass is 9.94. The minimum absolute atomic E-state index is 0.301. The molecule has 0 aromatic carbocycles. The molecule has 0 aliphatic carbocycles. The standard InChI is InChI=1S/C11H18FNO/c1-7(2)8(3)9-6-10(14-13-9)11(4,5)12/h6-8H,1-5H3. The van der Waals surface area contributed by atoms with Gasteiger partial charge >= 0.3 is 0 Å². The summed E-state index contributed by atoms with van der Waals surface area (Å²) in [6, 6.07) is 1.71. The molecule has 1 aromatic rings. The van der Waals surface area contributed by atoms with Crippen molar-refractivity contribution in [1.82, 2.24) is 5.16 Å². The van der Waals surface area contributed by atoms with Gasteiger partial charge in [0.1, 0.15) is 0 Å². The van der Waals surface area contributed by atoms with Crippen LogP contribution in [0.15, 0.2) is 10.6 Å². The monoisotopic (exact) mass is 199 g/mol. The summed E-state index contributed by atoms with van der Waals surface area (Å²) in [6.07, 6.45) is 0. The van der Waals surface area contributed by atoms with E-state index in [-0.39, 0.29) is 0 Å². The van der Waals surface area contributed by atoms with Gasteiger partial charge in [0.2, 0.25) is 0 Å². The van der Waals surface area contributed by atoms with Crippen LogP contribution in [0, 0.1) is 5.92 Å². The van der Waals surface area contributed by atoms with Crippen molar-refractivity contribution in [2.75, 3.05) is 0 Å². The van der Waals surface area contributed by atoms with Gasteiger partial charge in [-0.2, -0.15) is 0 Å². The first-order valence-electron chi connectivity index (χ1n) is 4.98. The molecule has 0 bridgehead atoms. The summed E-state index contributed by atoms with van der Waals surface area (Å²) in [5, 5.41) is 3.89. The third-order valence-corrected chi connectivity index (χ3v) is 2.58. The van der Waals surface area contributed by atoms with E-state index in [0.29, 0.717) is 17.6 Å². The second kappa shape index (κ2) is 3.71. The van der Waals surface area contributed by atoms with E-state index >= 15 is 0 Å². The first-order chi connectivity index (χ1) is 6.32. The Kier molecular flexibility index (Phi) is 2.98. The first kappa shape index (κ1) is 11.2. The smallest absolute Gasteiger partial charge is 0.173 e. The highest BCUT2D eigenvalue weighted by Crippen LogP contribution is 2.29. The molecule has 1 heterocycles. The minimum Gasteiger partial charge on any atom is -0.358 e. The van der Waals surface area contributed by atoms with Crippen LogP contribution < -0.4 is 0 Å². The lowest BCUT2D eigenvalue weighted by molar-refractivity contribution is 0.162. The van der Waals surface area contributed by atoms with Crippen LogP contribution in [0.1, 0.15) is 52.0 Å². The molecule has 0 radical (unpaired) electrons. The van der Waals surface area contributed by atoms with Gasteiger partial charge in [0.25, 0.3) is 0 Å². The van der Waals surface area contributed by atoms with Gasteiger partial charge in [0.05, 0.1) is 5.69 Å². The van der Waals surface area contributed by atoms with E-state index < -0.39 is 5.67 Å². The van der Waals surface area contributed by atoms with Crippen molar-refractivity contribution in [2.24, 2.45) is 5.92 Å². The largest absolute Gasteiger partial charge is 0.358 e. The Hall–Kier alpha value is -0.860. The molecule has 0 saturated heterocycles. The van der Waals surface area contributed by atoms with Crippen LogP contribution in [0.3, 0.4) is 0 Å². The maximum absolute atomic E-state index is 13.5. The highest BCUT2D eigenvalue weighted by atomic mass is 19.1. The predicted octanol–water partition coefficient (Wildman–Crippen LogP) is 3.64. The van der Waals surface area contributed by atoms with Crippen LogP contribution in [0.2, 0.25) is 0 Å². The number of hydrogen-bond donors (Lipinski definition) is 0. The van der Waals surface area contributed by atoms with Gasteiger partial charge in [-0.25, -0.2) is 4.39 Å². The Bertz CT molecular complexity index is 298. The van der Waals surface area contributed by atoms with Crippen molar-refractivity contribution < 1.29 is 8.91 Å². The molecule has 1 atom stereocenters. The van der Waals surface area contributed by atoms with E-state index in [9.17, 15) is 4.39 Å². The molecule has 3 heteroatoms. The second-order valence-corrected chi connectivity index (χ2v) is 4.62. The molecular weight excluding hydrogens is 181 g/mol. The molecule has 14 heavy (non-hydrogen) atoms. The normalized spacial score (nSPS) is 14.8. The van der Waals surface area contributed by atoms with E-state index in [4.69, 9.17) is 4.52 Å². The van der Waals surface area contributed by atoms with Crippen LogP contribution >= 0.6 is 0 Å². The minimum atomic E-state index is -1.44. The molecule has 0 aliphatic heterocycles. The molecule has 1 aromatic heterocycles. The van der Waals surface area contributed by atoms with Crippen molar-refractivity contribution in [3.05, 3.63) is 17.5 Å². The Labute approximate surface area is 84.5 Å². The van der Waals surface area contributed by atoms with Gasteiger partial charge in [-0.3, -0.25) is 0 Å². The third-order valence-electron chi connectivity index (χ3n) is 2.58. The van der Waals surface area contributed by atoms with Crippen LogP contribution in [0.5, 0.6) is 0 Å². The fraction of sp³-hybridized carbons (Fsp3) is 0.727. The summed E-state index contributed by atoms with van der Waals surface area (Å²) < 4.78 is 18.4. The van der Waals surface area contributed by atoms with E-state index in [1.165, 1.54) is 13.8 Å². The van der Waals surface area contributed by atoms with Crippen LogP contribution in [-0.4, -0.2) is 5.16 Å². The van der Waals surface area contributed by atoms with E-state index in [1.54, 1.807) is 6.07 Å². The summed E-state index contributed by atoms with van der Waals surface area (Å²) in [5.41, 5.74) is -0.609. The summed E-state index contributed by atoms with van der Waals surface area (Å²) in [7, 11) is 0. The topological polar surface area (TPSA) is 26.0 Å². The second-order valence-electron chi connectivity index (χ2n) is 4.62. The lowest BCUT2D eigenvalue weighted by Crippen LogP contribution is -2.07. The van der Waals surface area contributed by atoms with Gasteiger partial charge in [-0.15, -0.1) is 0 Å². The fourth-order valence-electron chi connectivity index (χ4n) is 1.13. The summed E-state index contributed by atoms with van der Waals surface area (Å²) in [5.74, 6) is 1.09. The number of halogens is 1. The van der Waals surface area contributed by atoms with Crippen LogP contribution in [0.4, 0.5) is 4.39 Å². The maximum atomic E-state index is 13.5. The van der Waals surface area contributed by atoms with E-state index in [0.717, 1.165) is 5.69 Å². The van der Waals surface area contributed by atoms with E-state index in [2.05, 4.69) is 25.9 Å². The first-order valence-corrected chi connectivity index (χ1v) is 4.98. The third kappa shape index (κ3) is 2.34. The van der Waals surface area contributed by atoms with E-state index in [1.807, 2.05) is 0 Å². The maximum Gasteiger partial charge on any atom is 0.173 e. The van der Waals surface area contributed by atoms with Crippen molar-refractivity contribution in [3.63, 3.8) is 0 Å². The summed E-state index contributed by atoms with van der Waals surface area (Å²) >= 11 is 0. The van der Waals surface area contributed by atoms with Gasteiger partial charge in [-0.05, 0) is 19.8 Å². The molecule has 0 aliphatic rings. The van der Waals surface area contributed by atoms with Crippen molar-refractivity contribution in [1.29, 1.82) is 0 Å². The number of aromatic nitrogens is 1. The number of alkyl halides is 1. The molecule has 80 valence electrons. The fourth-order valence-corrected chi connectivity index (χ4v) is 1.13. The van der Waals surface area contributed by atoms with Crippen molar-refractivity contribution >= 4 is 0 Å². The molecule has 1 unspecified atom stereocenters. The van der Waals surface area contributed by atoms with Crippen LogP contribution in [-0.2, 0) is 5.67 Å². The molecule has 0 saturated carbocycles. The zero-order chi connectivity index (χ0) is 10.9. The number of nitrogens with zero attached hydrogens (tertiary/aromatic N) is 1. The van der Waals surface area contributed by atoms with Crippen LogP contribution in [0.25, 0.3) is 0 Å². The average Bonchev–Trinajstić information content (AvgIpc) is 2.49. The zero-order valence-corrected chi connectivity index (χ0v) is 9.47. The molecular formula is C11H18FNO. The SMILES string of the molecule is CC(C)C(C)c1cc(C(C)(C)F)on1. The van der Waals surface area contributed by atoms with Gasteiger partial charge in [0, 0.05) is 12.0 Å². The Morgan fingerprint density at radius 1 is 1.36 bits per heavy atom. The van der Waals surface area contributed by atoms with Gasteiger partial charge in [-0.1, -0.05) is 25.9 Å². The van der Waals surface area contributed by atoms with Crippen molar-refractivity contribution in [2.45, 2.75) is 46.2 Å². The molecule has 1 rings (SSSR count). The summed E-state index contributed by atoms with van der Waals surface area (Å²) in [4.78, 5) is 0. The number of hydrogen-bond acceptors (Lipinski definition) is 2. The Balaban J connectivity index is 2.89. The van der Waals surface area contributed by atoms with Gasteiger partial charge in [0.15, 0.2) is 11.4 Å². The lowest BCUT2D eigenvalue weighted by Gasteiger charge is -2.11. The van der Waals surface area contributed by atoms with Gasteiger partial charge < -0.3 is 4.52 Å². The highest BCUT2D eigenvalue weighted by Gasteiger charge is 2.26. The average molecular weight is 199 g/mol. The zero-order valence-electron chi connectivity index (χ0n) is 9.47. The Morgan fingerprint density at radius 2 is 1.93 bits per heavy atom. The molecule has 2 nitrogen and oxygen atoms in total. The predicted molar refractivity (Wildman–Crippen MR) is 53.9 cm³/mol. The van der Waals surface area contributed by atoms with Crippen molar-refractivity contribution in [3.8, 4) is 0 Å². The quantitative estimate of drug-likeness (QED) is 0.742. The molecule has 0 amide bonds.